The fraction of sp³-hybridized carbons (Fsp3) is 0.300. The van der Waals surface area contributed by atoms with E-state index in [0.717, 1.165) is 30.9 Å². The van der Waals surface area contributed by atoms with E-state index in [1.807, 2.05) is 37.3 Å². The Morgan fingerprint density at radius 1 is 1.24 bits per heavy atom. The van der Waals surface area contributed by atoms with Crippen LogP contribution in [0.3, 0.4) is 0 Å². The Morgan fingerprint density at radius 2 is 2.00 bits per heavy atom. The highest BCUT2D eigenvalue weighted by Gasteiger charge is 2.22. The Bertz CT molecular complexity index is 1180. The number of benzene rings is 2. The lowest BCUT2D eigenvalue weighted by Crippen LogP contribution is -2.36. The molecule has 0 saturated heterocycles. The maximum atomic E-state index is 11.2. The molecule has 1 aromatic heterocycles. The van der Waals surface area contributed by atoms with Gasteiger partial charge in [0.05, 0.1) is 16.9 Å². The van der Waals surface area contributed by atoms with Crippen molar-refractivity contribution in [1.82, 2.24) is 0 Å². The van der Waals surface area contributed by atoms with E-state index in [9.17, 15) is 13.2 Å². The van der Waals surface area contributed by atoms with Crippen LogP contribution in [0.4, 0.5) is 0 Å². The standard InChI is InChI=1S/C20H21NO5S3/c1-2-15(27-13-19(22)23)12-18-21(10-5-11-29(24,25)26)20-16-7-4-3-6-14(16)8-9-17(20)28-18/h3-4,6-9,12H,2,5,10-11,13H2,1H3,(H-,22,23,24,25,26)/p+1. The predicted octanol–water partition coefficient (Wildman–Crippen LogP) is 4.19. The summed E-state index contributed by atoms with van der Waals surface area (Å²) in [4.78, 5) is 11.9. The van der Waals surface area contributed by atoms with Crippen LogP contribution in [0.15, 0.2) is 41.3 Å². The average Bonchev–Trinajstić information content (AvgIpc) is 3.01. The van der Waals surface area contributed by atoms with Gasteiger partial charge in [0.15, 0.2) is 6.54 Å². The molecule has 0 saturated carbocycles. The van der Waals surface area contributed by atoms with Gasteiger partial charge in [0.25, 0.3) is 15.1 Å². The van der Waals surface area contributed by atoms with Crippen LogP contribution in [-0.4, -0.2) is 35.6 Å². The lowest BCUT2D eigenvalue weighted by molar-refractivity contribution is -0.667. The van der Waals surface area contributed by atoms with E-state index in [2.05, 4.69) is 16.7 Å². The van der Waals surface area contributed by atoms with Crippen LogP contribution >= 0.6 is 23.1 Å². The number of carboxylic acid groups (broad SMARTS) is 1. The third kappa shape index (κ3) is 5.57. The van der Waals surface area contributed by atoms with Crippen molar-refractivity contribution >= 4 is 66.3 Å². The second kappa shape index (κ2) is 9.25. The van der Waals surface area contributed by atoms with E-state index < -0.39 is 16.1 Å². The first-order chi connectivity index (χ1) is 13.8. The molecule has 0 radical (unpaired) electrons. The Kier molecular flexibility index (Phi) is 6.94. The average molecular weight is 453 g/mol. The van der Waals surface area contributed by atoms with E-state index in [4.69, 9.17) is 9.66 Å². The van der Waals surface area contributed by atoms with E-state index >= 15 is 0 Å². The van der Waals surface area contributed by atoms with Gasteiger partial charge in [-0.1, -0.05) is 42.5 Å². The number of aromatic nitrogens is 1. The van der Waals surface area contributed by atoms with Gasteiger partial charge in [-0.05, 0) is 28.8 Å². The lowest BCUT2D eigenvalue weighted by Gasteiger charge is -2.02. The van der Waals surface area contributed by atoms with Crippen molar-refractivity contribution in [3.05, 3.63) is 46.3 Å². The highest BCUT2D eigenvalue weighted by molar-refractivity contribution is 8.03. The number of rotatable bonds is 9. The minimum absolute atomic E-state index is 0.00372. The van der Waals surface area contributed by atoms with Gasteiger partial charge in [-0.25, -0.2) is 0 Å². The fourth-order valence-electron chi connectivity index (χ4n) is 3.15. The molecule has 0 amide bonds. The zero-order chi connectivity index (χ0) is 21.0. The normalized spacial score (nSPS) is 12.7. The summed E-state index contributed by atoms with van der Waals surface area (Å²) in [6, 6.07) is 12.1. The van der Waals surface area contributed by atoms with Crippen LogP contribution in [-0.2, 0) is 21.5 Å². The number of hydrogen-bond acceptors (Lipinski definition) is 5. The number of thiazole rings is 1. The van der Waals surface area contributed by atoms with E-state index in [1.54, 1.807) is 11.3 Å². The molecule has 0 aliphatic carbocycles. The van der Waals surface area contributed by atoms with Gasteiger partial charge in [0.1, 0.15) is 4.70 Å². The Morgan fingerprint density at radius 3 is 2.69 bits per heavy atom. The van der Waals surface area contributed by atoms with Gasteiger partial charge < -0.3 is 5.11 Å². The number of aliphatic carboxylic acids is 1. The van der Waals surface area contributed by atoms with Crippen molar-refractivity contribution in [2.45, 2.75) is 26.3 Å². The van der Waals surface area contributed by atoms with Gasteiger partial charge in [-0.15, -0.1) is 11.8 Å². The molecular weight excluding hydrogens is 430 g/mol. The third-order valence-electron chi connectivity index (χ3n) is 4.41. The SMILES string of the molecule is CCC(=Cc1sc2ccc3ccccc3c2[n+]1CCCS(=O)(=O)O)SCC(=O)O. The summed E-state index contributed by atoms with van der Waals surface area (Å²) in [5, 5.41) is 12.1. The molecular formula is C20H22NO5S3+. The molecule has 9 heteroatoms. The smallest absolute Gasteiger partial charge is 0.313 e. The summed E-state index contributed by atoms with van der Waals surface area (Å²) in [5.41, 5.74) is 1.02. The van der Waals surface area contributed by atoms with Crippen LogP contribution < -0.4 is 4.57 Å². The zero-order valence-electron chi connectivity index (χ0n) is 15.9. The molecule has 0 unspecified atom stereocenters. The number of nitrogens with zero attached hydrogens (tertiary/aromatic N) is 1. The Balaban J connectivity index is 2.11. The molecule has 1 heterocycles. The first kappa shape index (κ1) is 21.8. The number of hydrogen-bond donors (Lipinski definition) is 2. The monoisotopic (exact) mass is 452 g/mol. The van der Waals surface area contributed by atoms with Gasteiger partial charge in [-0.2, -0.15) is 13.0 Å². The highest BCUT2D eigenvalue weighted by atomic mass is 32.2. The molecule has 154 valence electrons. The van der Waals surface area contributed by atoms with Gasteiger partial charge in [-0.3, -0.25) is 9.35 Å². The molecule has 0 atom stereocenters. The van der Waals surface area contributed by atoms with Crippen LogP contribution in [0.2, 0.25) is 0 Å². The summed E-state index contributed by atoms with van der Waals surface area (Å²) < 4.78 is 34.6. The highest BCUT2D eigenvalue weighted by Crippen LogP contribution is 2.31. The Labute approximate surface area is 177 Å². The summed E-state index contributed by atoms with van der Waals surface area (Å²) in [5.74, 6) is -1.17. The van der Waals surface area contributed by atoms with Crippen LogP contribution in [0, 0.1) is 0 Å². The van der Waals surface area contributed by atoms with Crippen molar-refractivity contribution in [3.63, 3.8) is 0 Å². The van der Waals surface area contributed by atoms with Crippen molar-refractivity contribution in [3.8, 4) is 0 Å². The van der Waals surface area contributed by atoms with Gasteiger partial charge in [0.2, 0.25) is 5.52 Å². The minimum Gasteiger partial charge on any atom is -0.481 e. The molecule has 3 rings (SSSR count). The summed E-state index contributed by atoms with van der Waals surface area (Å²) >= 11 is 2.88. The van der Waals surface area contributed by atoms with Gasteiger partial charge >= 0.3 is 5.97 Å². The number of allylic oxidation sites excluding steroid dienone is 1. The van der Waals surface area contributed by atoms with Crippen molar-refractivity contribution in [2.24, 2.45) is 0 Å². The van der Waals surface area contributed by atoms with Crippen molar-refractivity contribution in [1.29, 1.82) is 0 Å². The molecule has 29 heavy (non-hydrogen) atoms. The molecule has 6 nitrogen and oxygen atoms in total. The third-order valence-corrected chi connectivity index (χ3v) is 7.48. The Hall–Kier alpha value is -1.94. The second-order valence-corrected chi connectivity index (χ2v) is 10.2. The number of thioether (sulfide) groups is 1. The fourth-order valence-corrected chi connectivity index (χ4v) is 5.59. The number of carbonyl (C=O) groups is 1. The molecule has 3 aromatic rings. The van der Waals surface area contributed by atoms with Gasteiger partial charge in [0, 0.05) is 12.5 Å². The number of fused-ring (bicyclic) bond motifs is 3. The maximum Gasteiger partial charge on any atom is 0.313 e. The first-order valence-electron chi connectivity index (χ1n) is 9.13. The molecule has 2 aromatic carbocycles. The molecule has 0 aliphatic heterocycles. The largest absolute Gasteiger partial charge is 0.481 e. The molecule has 0 fully saturated rings. The molecule has 0 aliphatic rings. The summed E-state index contributed by atoms with van der Waals surface area (Å²) in [6.45, 7) is 2.41. The quantitative estimate of drug-likeness (QED) is 0.373. The second-order valence-electron chi connectivity index (χ2n) is 6.51. The van der Waals surface area contributed by atoms with E-state index in [0.29, 0.717) is 13.0 Å². The van der Waals surface area contributed by atoms with Crippen LogP contribution in [0.25, 0.3) is 27.1 Å². The topological polar surface area (TPSA) is 95.5 Å². The number of aryl methyl sites for hydroxylation is 1. The van der Waals surface area contributed by atoms with E-state index in [-0.39, 0.29) is 17.9 Å². The van der Waals surface area contributed by atoms with Crippen LogP contribution in [0.1, 0.15) is 24.8 Å². The zero-order valence-corrected chi connectivity index (χ0v) is 18.3. The predicted molar refractivity (Wildman–Crippen MR) is 119 cm³/mol. The molecule has 2 N–H and O–H groups in total. The van der Waals surface area contributed by atoms with Crippen LogP contribution in [0.5, 0.6) is 0 Å². The first-order valence-corrected chi connectivity index (χ1v) is 12.5. The molecule has 0 bridgehead atoms. The van der Waals surface area contributed by atoms with Crippen molar-refractivity contribution < 1.29 is 27.4 Å². The number of carboxylic acids is 1. The van der Waals surface area contributed by atoms with Crippen molar-refractivity contribution in [2.75, 3.05) is 11.5 Å². The summed E-state index contributed by atoms with van der Waals surface area (Å²) in [7, 11) is -4.03. The summed E-state index contributed by atoms with van der Waals surface area (Å²) in [6.07, 6.45) is 2.97. The molecule has 0 spiro atoms. The van der Waals surface area contributed by atoms with E-state index in [1.165, 1.54) is 11.8 Å². The lowest BCUT2D eigenvalue weighted by atomic mass is 10.1. The maximum absolute atomic E-state index is 11.2. The minimum atomic E-state index is -4.03.